The Morgan fingerprint density at radius 1 is 1.26 bits per heavy atom. The molecule has 3 heterocycles. The van der Waals surface area contributed by atoms with Crippen LogP contribution in [0.25, 0.3) is 0 Å². The second kappa shape index (κ2) is 9.09. The molecular weight excluding hydrogens is 450 g/mol. The third-order valence-electron chi connectivity index (χ3n) is 5.02. The molecule has 0 bridgehead atoms. The largest absolute Gasteiger partial charge is 0.490 e. The number of carbonyl (C=O) groups is 1. The number of alkyl halides is 3. The van der Waals surface area contributed by atoms with Crippen molar-refractivity contribution in [3.8, 4) is 0 Å². The summed E-state index contributed by atoms with van der Waals surface area (Å²) in [4.78, 5) is 11.2. The minimum Gasteiger partial charge on any atom is -0.475 e. The first-order valence-corrected chi connectivity index (χ1v) is 10.1. The van der Waals surface area contributed by atoms with Gasteiger partial charge in [-0.3, -0.25) is 10.00 Å². The van der Waals surface area contributed by atoms with Crippen LogP contribution in [0.5, 0.6) is 0 Å². The normalized spacial score (nSPS) is 23.8. The minimum absolute atomic E-state index is 0.0259. The number of hydrogen-bond acceptors (Lipinski definition) is 5. The van der Waals surface area contributed by atoms with Crippen molar-refractivity contribution in [3.05, 3.63) is 52.6 Å². The number of fused-ring (bicyclic) bond motifs is 1. The fourth-order valence-electron chi connectivity index (χ4n) is 3.54. The van der Waals surface area contributed by atoms with Crippen LogP contribution >= 0.6 is 11.8 Å². The number of aliphatic carboxylic acids is 1. The van der Waals surface area contributed by atoms with Gasteiger partial charge < -0.3 is 10.8 Å². The first kappa shape index (κ1) is 23.4. The van der Waals surface area contributed by atoms with Crippen LogP contribution in [0.4, 0.5) is 26.3 Å². The molecule has 1 saturated heterocycles. The van der Waals surface area contributed by atoms with Gasteiger partial charge in [0.2, 0.25) is 0 Å². The molecule has 0 radical (unpaired) electrons. The van der Waals surface area contributed by atoms with Crippen LogP contribution in [0.3, 0.4) is 0 Å². The fraction of sp³-hybridized carbons (Fsp3) is 0.444. The summed E-state index contributed by atoms with van der Waals surface area (Å²) in [7, 11) is 0. The van der Waals surface area contributed by atoms with Crippen LogP contribution in [-0.2, 0) is 17.9 Å². The summed E-state index contributed by atoms with van der Waals surface area (Å²) >= 11 is 1.46. The van der Waals surface area contributed by atoms with E-state index < -0.39 is 34.8 Å². The van der Waals surface area contributed by atoms with Gasteiger partial charge in [0.1, 0.15) is 5.82 Å². The Kier molecular flexibility index (Phi) is 6.86. The van der Waals surface area contributed by atoms with Crippen LogP contribution in [0, 0.1) is 17.5 Å². The molecule has 4 N–H and O–H groups in total. The zero-order chi connectivity index (χ0) is 22.9. The second-order valence-corrected chi connectivity index (χ2v) is 8.34. The van der Waals surface area contributed by atoms with E-state index in [2.05, 4.69) is 15.1 Å². The maximum Gasteiger partial charge on any atom is 0.490 e. The highest BCUT2D eigenvalue weighted by molar-refractivity contribution is 7.99. The Morgan fingerprint density at radius 2 is 1.94 bits per heavy atom. The van der Waals surface area contributed by atoms with Gasteiger partial charge >= 0.3 is 12.1 Å². The first-order chi connectivity index (χ1) is 14.5. The van der Waals surface area contributed by atoms with Gasteiger partial charge in [0.05, 0.1) is 5.69 Å². The SMILES string of the molecule is N[C@H]1C[C@@H](N2Cc3c[nH]nc3C2)CSC1c1cc(F)cc(F)c1F.O=C(O)C(F)(F)F. The topological polar surface area (TPSA) is 95.2 Å². The van der Waals surface area contributed by atoms with Gasteiger partial charge in [0.15, 0.2) is 11.6 Å². The summed E-state index contributed by atoms with van der Waals surface area (Å²) < 4.78 is 72.7. The van der Waals surface area contributed by atoms with Gasteiger partial charge in [-0.15, -0.1) is 0 Å². The number of carboxylic acid groups (broad SMARTS) is 1. The highest BCUT2D eigenvalue weighted by Gasteiger charge is 2.38. The van der Waals surface area contributed by atoms with Crippen LogP contribution in [0.2, 0.25) is 0 Å². The number of rotatable bonds is 2. The predicted octanol–water partition coefficient (Wildman–Crippen LogP) is 3.35. The Balaban J connectivity index is 0.000000339. The highest BCUT2D eigenvalue weighted by atomic mass is 32.2. The monoisotopic (exact) mass is 468 g/mol. The van der Waals surface area contributed by atoms with Crippen molar-refractivity contribution in [3.63, 3.8) is 0 Å². The summed E-state index contributed by atoms with van der Waals surface area (Å²) in [5.41, 5.74) is 8.50. The van der Waals surface area contributed by atoms with Gasteiger partial charge in [-0.2, -0.15) is 30.0 Å². The van der Waals surface area contributed by atoms with Crippen molar-refractivity contribution in [1.82, 2.24) is 15.1 Å². The fourth-order valence-corrected chi connectivity index (χ4v) is 5.03. The molecule has 0 aliphatic carbocycles. The number of benzene rings is 1. The average molecular weight is 468 g/mol. The van der Waals surface area contributed by atoms with Gasteiger partial charge in [0.25, 0.3) is 0 Å². The highest BCUT2D eigenvalue weighted by Crippen LogP contribution is 2.42. The van der Waals surface area contributed by atoms with Gasteiger partial charge in [0, 0.05) is 59.6 Å². The third kappa shape index (κ3) is 5.33. The van der Waals surface area contributed by atoms with Crippen molar-refractivity contribution < 1.29 is 36.2 Å². The molecule has 0 amide bonds. The molecule has 31 heavy (non-hydrogen) atoms. The van der Waals surface area contributed by atoms with E-state index in [1.54, 1.807) is 0 Å². The van der Waals surface area contributed by atoms with E-state index in [-0.39, 0.29) is 17.6 Å². The van der Waals surface area contributed by atoms with Gasteiger partial charge in [-0.25, -0.2) is 18.0 Å². The number of carboxylic acids is 1. The molecule has 0 saturated carbocycles. The van der Waals surface area contributed by atoms with Gasteiger partial charge in [-0.05, 0) is 12.5 Å². The van der Waals surface area contributed by atoms with Crippen LogP contribution < -0.4 is 5.73 Å². The first-order valence-electron chi connectivity index (χ1n) is 9.04. The lowest BCUT2D eigenvalue weighted by Crippen LogP contribution is -2.44. The molecule has 13 heteroatoms. The molecule has 3 atom stereocenters. The van der Waals surface area contributed by atoms with Crippen molar-refractivity contribution in [2.24, 2.45) is 5.73 Å². The molecule has 2 aliphatic heterocycles. The number of H-pyrrole nitrogens is 1. The molecule has 2 aromatic rings. The zero-order valence-electron chi connectivity index (χ0n) is 15.8. The van der Waals surface area contributed by atoms with E-state index in [1.807, 2.05) is 6.20 Å². The molecule has 2 aliphatic rings. The summed E-state index contributed by atoms with van der Waals surface area (Å²) in [5, 5.41) is 13.8. The molecule has 1 unspecified atom stereocenters. The Bertz CT molecular complexity index is 933. The Labute approximate surface area is 176 Å². The molecule has 6 nitrogen and oxygen atoms in total. The zero-order valence-corrected chi connectivity index (χ0v) is 16.6. The summed E-state index contributed by atoms with van der Waals surface area (Å²) in [6, 6.07) is 1.50. The van der Waals surface area contributed by atoms with E-state index >= 15 is 0 Å². The third-order valence-corrected chi connectivity index (χ3v) is 6.56. The summed E-state index contributed by atoms with van der Waals surface area (Å²) in [5.74, 6) is -4.95. The number of nitrogens with one attached hydrogen (secondary N) is 1. The predicted molar refractivity (Wildman–Crippen MR) is 99.4 cm³/mol. The molecule has 1 aromatic heterocycles. The second-order valence-electron chi connectivity index (χ2n) is 7.16. The van der Waals surface area contributed by atoms with Crippen LogP contribution in [0.15, 0.2) is 18.3 Å². The van der Waals surface area contributed by atoms with Crippen molar-refractivity contribution in [1.29, 1.82) is 0 Å². The molecule has 4 rings (SSSR count). The van der Waals surface area contributed by atoms with Crippen molar-refractivity contribution in [2.45, 2.75) is 43.0 Å². The number of aromatic nitrogens is 2. The lowest BCUT2D eigenvalue weighted by Gasteiger charge is -2.38. The van der Waals surface area contributed by atoms with E-state index in [4.69, 9.17) is 15.6 Å². The molecule has 1 fully saturated rings. The number of aromatic amines is 1. The summed E-state index contributed by atoms with van der Waals surface area (Å²) in [6.07, 6.45) is -2.53. The van der Waals surface area contributed by atoms with E-state index in [9.17, 15) is 26.3 Å². The summed E-state index contributed by atoms with van der Waals surface area (Å²) in [6.45, 7) is 1.59. The van der Waals surface area contributed by atoms with E-state index in [1.165, 1.54) is 17.3 Å². The quantitative estimate of drug-likeness (QED) is 0.462. The Morgan fingerprint density at radius 3 is 2.52 bits per heavy atom. The maximum atomic E-state index is 14.0. The number of nitrogens with zero attached hydrogens (tertiary/aromatic N) is 2. The number of halogens is 6. The van der Waals surface area contributed by atoms with Crippen molar-refractivity contribution >= 4 is 17.7 Å². The van der Waals surface area contributed by atoms with E-state index in [0.717, 1.165) is 30.6 Å². The number of hydrogen-bond donors (Lipinski definition) is 3. The molecular formula is C18H18F6N4O2S. The van der Waals surface area contributed by atoms with E-state index in [0.29, 0.717) is 12.5 Å². The van der Waals surface area contributed by atoms with Crippen LogP contribution in [-0.4, -0.2) is 50.2 Å². The van der Waals surface area contributed by atoms with Gasteiger partial charge in [-0.1, -0.05) is 0 Å². The standard InChI is InChI=1S/C16H17F3N4S.C2HF3O2/c17-9-1-11(15(19)12(18)2-9)16-13(20)3-10(7-24-16)23-5-8-4-21-22-14(8)6-23;3-2(4,5)1(6)7/h1-2,4,10,13,16H,3,5-7,20H2,(H,21,22);(H,6,7)/t10-,13+,16?;/m1./s1. The smallest absolute Gasteiger partial charge is 0.475 e. The lowest BCUT2D eigenvalue weighted by molar-refractivity contribution is -0.192. The molecule has 170 valence electrons. The number of thioether (sulfide) groups is 1. The van der Waals surface area contributed by atoms with Crippen LogP contribution in [0.1, 0.15) is 28.5 Å². The molecule has 1 aromatic carbocycles. The van der Waals surface area contributed by atoms with Crippen molar-refractivity contribution in [2.75, 3.05) is 5.75 Å². The average Bonchev–Trinajstić information content (AvgIpc) is 3.26. The molecule has 0 spiro atoms. The number of nitrogens with two attached hydrogens (primary N) is 1. The maximum absolute atomic E-state index is 14.0. The minimum atomic E-state index is -5.08. The Hall–Kier alpha value is -2.25. The lowest BCUT2D eigenvalue weighted by atomic mass is 9.98.